The van der Waals surface area contributed by atoms with Gasteiger partial charge in [-0.05, 0) is 30.9 Å². The second-order valence-corrected chi connectivity index (χ2v) is 7.72. The third-order valence-corrected chi connectivity index (χ3v) is 6.23. The summed E-state index contributed by atoms with van der Waals surface area (Å²) in [7, 11) is 0. The van der Waals surface area contributed by atoms with E-state index in [0.29, 0.717) is 18.2 Å². The van der Waals surface area contributed by atoms with Crippen LogP contribution in [-0.4, -0.2) is 24.0 Å². The zero-order valence-electron chi connectivity index (χ0n) is 14.2. The Hall–Kier alpha value is -2.59. The highest BCUT2D eigenvalue weighted by molar-refractivity contribution is 7.10. The molecule has 2 N–H and O–H groups in total. The molecule has 0 radical (unpaired) electrons. The lowest BCUT2D eigenvalue weighted by atomic mass is 9.59. The van der Waals surface area contributed by atoms with Crippen molar-refractivity contribution >= 4 is 11.3 Å². The van der Waals surface area contributed by atoms with E-state index in [9.17, 15) is 15.8 Å². The first kappa shape index (κ1) is 17.2. The Morgan fingerprint density at radius 3 is 2.56 bits per heavy atom. The molecule has 0 bridgehead atoms. The zero-order chi connectivity index (χ0) is 18.2. The number of nitriles is 3. The van der Waals surface area contributed by atoms with Gasteiger partial charge in [-0.3, -0.25) is 4.90 Å². The number of nitrogens with two attached hydrogens (primary N) is 1. The molecule has 0 spiro atoms. The molecule has 1 aliphatic carbocycles. The van der Waals surface area contributed by atoms with E-state index in [1.54, 1.807) is 0 Å². The van der Waals surface area contributed by atoms with Gasteiger partial charge in [-0.1, -0.05) is 12.1 Å². The molecular weight excluding hydrogens is 330 g/mol. The highest BCUT2D eigenvalue weighted by Crippen LogP contribution is 2.55. The van der Waals surface area contributed by atoms with Crippen LogP contribution >= 0.6 is 11.3 Å². The first-order valence-corrected chi connectivity index (χ1v) is 9.08. The largest absolute Gasteiger partial charge is 0.399 e. The lowest BCUT2D eigenvalue weighted by molar-refractivity contribution is 0.175. The van der Waals surface area contributed by atoms with Gasteiger partial charge in [-0.25, -0.2) is 0 Å². The minimum Gasteiger partial charge on any atom is -0.399 e. The normalized spacial score (nSPS) is 25.5. The Morgan fingerprint density at radius 1 is 1.32 bits per heavy atom. The van der Waals surface area contributed by atoms with Gasteiger partial charge in [0.15, 0.2) is 5.41 Å². The van der Waals surface area contributed by atoms with Crippen molar-refractivity contribution in [3.8, 4) is 18.2 Å². The van der Waals surface area contributed by atoms with E-state index in [-0.39, 0.29) is 17.5 Å². The third kappa shape index (κ3) is 2.45. The number of fused-ring (bicyclic) bond motifs is 1. The van der Waals surface area contributed by atoms with Crippen molar-refractivity contribution in [3.05, 3.63) is 45.3 Å². The van der Waals surface area contributed by atoms with Crippen molar-refractivity contribution in [2.75, 3.05) is 13.1 Å². The molecule has 6 heteroatoms. The summed E-state index contributed by atoms with van der Waals surface area (Å²) >= 11 is 1.53. The summed E-state index contributed by atoms with van der Waals surface area (Å²) in [5, 5.41) is 31.5. The van der Waals surface area contributed by atoms with Crippen LogP contribution in [0.1, 0.15) is 24.6 Å². The molecule has 5 nitrogen and oxygen atoms in total. The summed E-state index contributed by atoms with van der Waals surface area (Å²) in [6.45, 7) is 5.69. The van der Waals surface area contributed by atoms with Crippen LogP contribution in [0, 0.1) is 45.3 Å². The predicted octanol–water partition coefficient (Wildman–Crippen LogP) is 2.88. The average molecular weight is 349 g/mol. The fraction of sp³-hybridized carbons (Fsp3) is 0.421. The monoisotopic (exact) mass is 349 g/mol. The van der Waals surface area contributed by atoms with Crippen LogP contribution in [0.15, 0.2) is 40.4 Å². The molecule has 0 unspecified atom stereocenters. The highest BCUT2D eigenvalue weighted by Gasteiger charge is 2.54. The molecule has 2 heterocycles. The summed E-state index contributed by atoms with van der Waals surface area (Å²) in [6.07, 6.45) is 2.04. The molecular formula is C19H19N5S. The maximum atomic E-state index is 9.94. The Bertz CT molecular complexity index is 843. The lowest BCUT2D eigenvalue weighted by Crippen LogP contribution is -2.49. The fourth-order valence-corrected chi connectivity index (χ4v) is 4.86. The van der Waals surface area contributed by atoms with Crippen LogP contribution in [0.2, 0.25) is 0 Å². The average Bonchev–Trinajstić information content (AvgIpc) is 3.14. The van der Waals surface area contributed by atoms with E-state index in [2.05, 4.69) is 37.0 Å². The number of nitrogens with zero attached hydrogens (tertiary/aromatic N) is 4. The predicted molar refractivity (Wildman–Crippen MR) is 95.8 cm³/mol. The highest BCUT2D eigenvalue weighted by atomic mass is 32.1. The van der Waals surface area contributed by atoms with Crippen LogP contribution in [0.4, 0.5) is 0 Å². The van der Waals surface area contributed by atoms with E-state index >= 15 is 0 Å². The van der Waals surface area contributed by atoms with E-state index < -0.39 is 5.41 Å². The maximum absolute atomic E-state index is 9.94. The number of hydrogen-bond donors (Lipinski definition) is 1. The Morgan fingerprint density at radius 2 is 2.04 bits per heavy atom. The zero-order valence-corrected chi connectivity index (χ0v) is 15.0. The quantitative estimate of drug-likeness (QED) is 0.884. The molecule has 0 aromatic carbocycles. The van der Waals surface area contributed by atoms with Crippen molar-refractivity contribution in [1.82, 2.24) is 4.90 Å². The number of hydrogen-bond acceptors (Lipinski definition) is 6. The molecule has 1 aromatic rings. The molecule has 0 amide bonds. The molecule has 2 atom stereocenters. The topological polar surface area (TPSA) is 101 Å². The van der Waals surface area contributed by atoms with Gasteiger partial charge >= 0.3 is 0 Å². The summed E-state index contributed by atoms with van der Waals surface area (Å²) < 4.78 is 0. The van der Waals surface area contributed by atoms with Gasteiger partial charge in [0.2, 0.25) is 0 Å². The van der Waals surface area contributed by atoms with Crippen molar-refractivity contribution < 1.29 is 0 Å². The van der Waals surface area contributed by atoms with Gasteiger partial charge in [-0.15, -0.1) is 11.3 Å². The molecule has 3 rings (SSSR count). The van der Waals surface area contributed by atoms with Crippen molar-refractivity contribution in [1.29, 1.82) is 15.8 Å². The Kier molecular flexibility index (Phi) is 4.39. The van der Waals surface area contributed by atoms with Crippen molar-refractivity contribution in [2.45, 2.75) is 25.8 Å². The van der Waals surface area contributed by atoms with Gasteiger partial charge in [0.25, 0.3) is 0 Å². The number of thiophene rings is 1. The minimum absolute atomic E-state index is 0.0962. The Labute approximate surface area is 151 Å². The molecule has 0 saturated carbocycles. The van der Waals surface area contributed by atoms with Crippen molar-refractivity contribution in [3.63, 3.8) is 0 Å². The van der Waals surface area contributed by atoms with E-state index in [0.717, 1.165) is 17.0 Å². The number of rotatable bonds is 2. The SMILES string of the molecule is CC(C)N1CC=C2C(C#N)=C(N)C(C#N)(C#N)[C@H](c3cccs3)[C@H]2C1. The molecule has 0 saturated heterocycles. The van der Waals surface area contributed by atoms with E-state index in [4.69, 9.17) is 5.73 Å². The second-order valence-electron chi connectivity index (χ2n) is 6.74. The smallest absolute Gasteiger partial charge is 0.192 e. The van der Waals surface area contributed by atoms with Gasteiger partial charge in [0, 0.05) is 35.8 Å². The molecule has 1 aromatic heterocycles. The fourth-order valence-electron chi connectivity index (χ4n) is 3.90. The molecule has 126 valence electrons. The summed E-state index contributed by atoms with van der Waals surface area (Å²) in [4.78, 5) is 3.26. The van der Waals surface area contributed by atoms with Gasteiger partial charge in [0.05, 0.1) is 23.4 Å². The molecule has 0 fully saturated rings. The van der Waals surface area contributed by atoms with Crippen LogP contribution in [0.3, 0.4) is 0 Å². The molecule has 1 aliphatic heterocycles. The van der Waals surface area contributed by atoms with Crippen LogP contribution in [0.5, 0.6) is 0 Å². The number of allylic oxidation sites excluding steroid dienone is 2. The van der Waals surface area contributed by atoms with Gasteiger partial charge in [-0.2, -0.15) is 15.8 Å². The van der Waals surface area contributed by atoms with E-state index in [1.807, 2.05) is 23.6 Å². The maximum Gasteiger partial charge on any atom is 0.192 e. The standard InChI is InChI=1S/C19H19N5S/c1-12(2)24-6-5-13-14(8-20)18(23)19(10-21,11-22)17(15(13)9-24)16-4-3-7-25-16/h3-5,7,12,15,17H,6,9,23H2,1-2H3/t15-,17-/m0/s1. The summed E-state index contributed by atoms with van der Waals surface area (Å²) in [5.74, 6) is -0.469. The van der Waals surface area contributed by atoms with Crippen molar-refractivity contribution in [2.24, 2.45) is 17.1 Å². The summed E-state index contributed by atoms with van der Waals surface area (Å²) in [6, 6.07) is 10.7. The first-order valence-electron chi connectivity index (χ1n) is 8.20. The molecule has 25 heavy (non-hydrogen) atoms. The van der Waals surface area contributed by atoms with Crippen LogP contribution < -0.4 is 5.73 Å². The molecule has 2 aliphatic rings. The Balaban J connectivity index is 2.28. The van der Waals surface area contributed by atoms with Crippen LogP contribution in [-0.2, 0) is 0 Å². The summed E-state index contributed by atoms with van der Waals surface area (Å²) in [5.41, 5.74) is 6.03. The second kappa shape index (κ2) is 6.37. The van der Waals surface area contributed by atoms with E-state index in [1.165, 1.54) is 11.3 Å². The first-order chi connectivity index (χ1) is 12.0. The third-order valence-electron chi connectivity index (χ3n) is 5.27. The van der Waals surface area contributed by atoms with Crippen LogP contribution in [0.25, 0.3) is 0 Å². The lowest BCUT2D eigenvalue weighted by Gasteiger charge is -2.45. The minimum atomic E-state index is -1.52. The van der Waals surface area contributed by atoms with Gasteiger partial charge in [0.1, 0.15) is 6.07 Å². The van der Waals surface area contributed by atoms with Gasteiger partial charge < -0.3 is 5.73 Å².